The van der Waals surface area contributed by atoms with Gasteiger partial charge in [0.2, 0.25) is 5.75 Å². The van der Waals surface area contributed by atoms with Crippen LogP contribution in [0.15, 0.2) is 12.1 Å². The molecule has 0 saturated carbocycles. The number of benzene rings is 1. The molecule has 20 heavy (non-hydrogen) atoms. The molecule has 3 N–H and O–H groups in total. The number of rotatable bonds is 6. The molecular formula is C12H18ClF2NO4. The van der Waals surface area contributed by atoms with Gasteiger partial charge in [0.25, 0.3) is 5.92 Å². The van der Waals surface area contributed by atoms with Crippen LogP contribution in [0.3, 0.4) is 0 Å². The molecule has 0 heterocycles. The first-order valence-electron chi connectivity index (χ1n) is 5.45. The first-order valence-corrected chi connectivity index (χ1v) is 5.45. The number of halogens is 3. The van der Waals surface area contributed by atoms with E-state index in [2.05, 4.69) is 0 Å². The quantitative estimate of drug-likeness (QED) is 0.837. The minimum atomic E-state index is -3.44. The van der Waals surface area contributed by atoms with Crippen LogP contribution in [0.1, 0.15) is 11.6 Å². The molecule has 0 aliphatic carbocycles. The molecule has 1 aromatic rings. The van der Waals surface area contributed by atoms with Crippen molar-refractivity contribution in [1.82, 2.24) is 0 Å². The molecule has 0 aromatic heterocycles. The molecule has 0 bridgehead atoms. The predicted octanol–water partition coefficient (Wildman–Crippen LogP) is 1.76. The van der Waals surface area contributed by atoms with Gasteiger partial charge in [-0.15, -0.1) is 12.4 Å². The Labute approximate surface area is 122 Å². The topological polar surface area (TPSA) is 73.9 Å². The lowest BCUT2D eigenvalue weighted by molar-refractivity contribution is -0.0712. The summed E-state index contributed by atoms with van der Waals surface area (Å²) in [7, 11) is 4.15. The minimum Gasteiger partial charge on any atom is -0.493 e. The number of methoxy groups -OCH3 is 3. The molecule has 0 unspecified atom stereocenters. The zero-order valence-corrected chi connectivity index (χ0v) is 12.2. The summed E-state index contributed by atoms with van der Waals surface area (Å²) in [4.78, 5) is 0. The molecule has 0 aliphatic rings. The third-order valence-corrected chi connectivity index (χ3v) is 2.71. The molecule has 8 heteroatoms. The highest BCUT2D eigenvalue weighted by Crippen LogP contribution is 2.41. The fraction of sp³-hybridized carbons (Fsp3) is 0.500. The third-order valence-electron chi connectivity index (χ3n) is 2.71. The molecule has 1 atom stereocenters. The molecule has 0 fully saturated rings. The van der Waals surface area contributed by atoms with Crippen molar-refractivity contribution in [1.29, 1.82) is 0 Å². The highest BCUT2D eigenvalue weighted by Gasteiger charge is 2.38. The van der Waals surface area contributed by atoms with Crippen molar-refractivity contribution in [2.24, 2.45) is 5.73 Å². The van der Waals surface area contributed by atoms with Gasteiger partial charge in [0.05, 0.1) is 27.4 Å². The molecule has 1 aromatic carbocycles. The number of hydrogen-bond acceptors (Lipinski definition) is 5. The summed E-state index contributed by atoms with van der Waals surface area (Å²) >= 11 is 0. The summed E-state index contributed by atoms with van der Waals surface area (Å²) in [6.07, 6.45) is 0. The summed E-state index contributed by atoms with van der Waals surface area (Å²) < 4.78 is 42.0. The van der Waals surface area contributed by atoms with Crippen LogP contribution in [0.4, 0.5) is 8.78 Å². The van der Waals surface area contributed by atoms with Gasteiger partial charge in [0.15, 0.2) is 11.5 Å². The Bertz CT molecular complexity index is 420. The van der Waals surface area contributed by atoms with Gasteiger partial charge in [-0.25, -0.2) is 8.78 Å². The highest BCUT2D eigenvalue weighted by atomic mass is 35.5. The van der Waals surface area contributed by atoms with E-state index in [-0.39, 0.29) is 35.2 Å². The zero-order chi connectivity index (χ0) is 14.6. The van der Waals surface area contributed by atoms with E-state index >= 15 is 0 Å². The Morgan fingerprint density at radius 3 is 1.90 bits per heavy atom. The largest absolute Gasteiger partial charge is 0.493 e. The van der Waals surface area contributed by atoms with Gasteiger partial charge in [-0.3, -0.25) is 0 Å². The number of alkyl halides is 2. The van der Waals surface area contributed by atoms with Crippen LogP contribution in [0.25, 0.3) is 0 Å². The van der Waals surface area contributed by atoms with Crippen molar-refractivity contribution in [3.8, 4) is 17.2 Å². The maximum atomic E-state index is 13.4. The lowest BCUT2D eigenvalue weighted by atomic mass is 10.0. The first kappa shape index (κ1) is 18.7. The predicted molar refractivity (Wildman–Crippen MR) is 72.3 cm³/mol. The molecule has 0 radical (unpaired) electrons. The summed E-state index contributed by atoms with van der Waals surface area (Å²) in [5.41, 5.74) is 5.54. The van der Waals surface area contributed by atoms with Gasteiger partial charge in [0, 0.05) is 0 Å². The van der Waals surface area contributed by atoms with Gasteiger partial charge in [0.1, 0.15) is 6.61 Å². The van der Waals surface area contributed by atoms with Crippen LogP contribution in [0.2, 0.25) is 0 Å². The summed E-state index contributed by atoms with van der Waals surface area (Å²) in [5.74, 6) is -2.71. The molecule has 0 amide bonds. The van der Waals surface area contributed by atoms with Gasteiger partial charge >= 0.3 is 0 Å². The smallest absolute Gasteiger partial charge is 0.289 e. The SMILES string of the molecule is COc1cc([C@H](N)C(F)(F)CO)cc(OC)c1OC.Cl. The Morgan fingerprint density at radius 2 is 1.60 bits per heavy atom. The van der Waals surface area contributed by atoms with Crippen molar-refractivity contribution >= 4 is 12.4 Å². The Morgan fingerprint density at radius 1 is 1.15 bits per heavy atom. The molecule has 0 aliphatic heterocycles. The fourth-order valence-corrected chi connectivity index (χ4v) is 1.62. The monoisotopic (exact) mass is 313 g/mol. The molecule has 1 rings (SSSR count). The van der Waals surface area contributed by atoms with Crippen LogP contribution < -0.4 is 19.9 Å². The standard InChI is InChI=1S/C12H17F2NO4.ClH/c1-17-8-4-7(11(15)12(13,14)6-16)5-9(18-2)10(8)19-3;/h4-5,11,16H,6,15H2,1-3H3;1H/t11-;/m0./s1. The van der Waals surface area contributed by atoms with Gasteiger partial charge in [-0.1, -0.05) is 0 Å². The Balaban J connectivity index is 0.00000361. The first-order chi connectivity index (χ1) is 8.91. The number of aliphatic hydroxyl groups excluding tert-OH is 1. The minimum absolute atomic E-state index is 0. The zero-order valence-electron chi connectivity index (χ0n) is 11.4. The van der Waals surface area contributed by atoms with Crippen LogP contribution in [-0.2, 0) is 0 Å². The second-order valence-corrected chi connectivity index (χ2v) is 3.86. The van der Waals surface area contributed by atoms with Crippen molar-refractivity contribution < 1.29 is 28.1 Å². The third kappa shape index (κ3) is 3.62. The molecule has 5 nitrogen and oxygen atoms in total. The van der Waals surface area contributed by atoms with Crippen LogP contribution in [0, 0.1) is 0 Å². The van der Waals surface area contributed by atoms with Crippen LogP contribution >= 0.6 is 12.4 Å². The van der Waals surface area contributed by atoms with E-state index in [4.69, 9.17) is 25.1 Å². The maximum absolute atomic E-state index is 13.4. The second-order valence-electron chi connectivity index (χ2n) is 3.86. The molecule has 0 saturated heterocycles. The Kier molecular flexibility index (Phi) is 6.98. The highest BCUT2D eigenvalue weighted by molar-refractivity contribution is 5.85. The van der Waals surface area contributed by atoms with E-state index in [1.807, 2.05) is 0 Å². The normalized spacial score (nSPS) is 12.3. The Hall–Kier alpha value is -1.31. The lowest BCUT2D eigenvalue weighted by Crippen LogP contribution is -2.36. The maximum Gasteiger partial charge on any atom is 0.289 e. The van der Waals surface area contributed by atoms with Crippen LogP contribution in [0.5, 0.6) is 17.2 Å². The van der Waals surface area contributed by atoms with E-state index < -0.39 is 18.6 Å². The average Bonchev–Trinajstić information content (AvgIpc) is 2.44. The van der Waals surface area contributed by atoms with Gasteiger partial charge in [-0.2, -0.15) is 0 Å². The van der Waals surface area contributed by atoms with E-state index in [0.29, 0.717) is 0 Å². The number of hydrogen-bond donors (Lipinski definition) is 2. The average molecular weight is 314 g/mol. The van der Waals surface area contributed by atoms with Crippen molar-refractivity contribution in [2.75, 3.05) is 27.9 Å². The van der Waals surface area contributed by atoms with E-state index in [1.54, 1.807) is 0 Å². The fourth-order valence-electron chi connectivity index (χ4n) is 1.62. The van der Waals surface area contributed by atoms with Crippen molar-refractivity contribution in [3.63, 3.8) is 0 Å². The lowest BCUT2D eigenvalue weighted by Gasteiger charge is -2.23. The van der Waals surface area contributed by atoms with E-state index in [0.717, 1.165) is 0 Å². The summed E-state index contributed by atoms with van der Waals surface area (Å²) in [5, 5.41) is 8.66. The van der Waals surface area contributed by atoms with E-state index in [1.165, 1.54) is 33.5 Å². The second kappa shape index (κ2) is 7.47. The number of ether oxygens (including phenoxy) is 3. The van der Waals surface area contributed by atoms with Gasteiger partial charge < -0.3 is 25.1 Å². The van der Waals surface area contributed by atoms with Crippen molar-refractivity contribution in [3.05, 3.63) is 17.7 Å². The van der Waals surface area contributed by atoms with Gasteiger partial charge in [-0.05, 0) is 17.7 Å². The van der Waals surface area contributed by atoms with Crippen LogP contribution in [-0.4, -0.2) is 39.0 Å². The number of aliphatic hydroxyl groups is 1. The summed E-state index contributed by atoms with van der Waals surface area (Å²) in [6.45, 7) is -1.34. The van der Waals surface area contributed by atoms with E-state index in [9.17, 15) is 8.78 Å². The summed E-state index contributed by atoms with van der Waals surface area (Å²) in [6, 6.07) is 0.983. The molecular weight excluding hydrogens is 296 g/mol. The molecule has 116 valence electrons. The number of nitrogens with two attached hydrogens (primary N) is 1. The molecule has 0 spiro atoms. The van der Waals surface area contributed by atoms with Crippen molar-refractivity contribution in [2.45, 2.75) is 12.0 Å².